The van der Waals surface area contributed by atoms with Crippen LogP contribution in [0.3, 0.4) is 0 Å². The second-order valence-corrected chi connectivity index (χ2v) is 4.44. The first-order valence-electron chi connectivity index (χ1n) is 3.83. The average molecular weight is 264 g/mol. The summed E-state index contributed by atoms with van der Waals surface area (Å²) in [5, 5.41) is 7.48. The number of ketones is 1. The van der Waals surface area contributed by atoms with Crippen molar-refractivity contribution in [3.8, 4) is 0 Å². The summed E-state index contributed by atoms with van der Waals surface area (Å²) < 4.78 is 2.01. The van der Waals surface area contributed by atoms with E-state index in [2.05, 4.69) is 26.2 Å². The predicted octanol–water partition coefficient (Wildman–Crippen LogP) is 1.51. The standard InChI is InChI=1S/C7H10BrN3OS/c1-3-13-4-5(12)6-7(8)9-10-11(6)2/h3-4H2,1-2H3. The molecular formula is C7H10BrN3OS. The van der Waals surface area contributed by atoms with Crippen molar-refractivity contribution in [1.29, 1.82) is 0 Å². The molecule has 0 aliphatic carbocycles. The number of thioether (sulfide) groups is 1. The van der Waals surface area contributed by atoms with Gasteiger partial charge in [0.1, 0.15) is 5.69 Å². The second-order valence-electron chi connectivity index (χ2n) is 2.41. The molecule has 0 aliphatic heterocycles. The van der Waals surface area contributed by atoms with Crippen LogP contribution in [0.4, 0.5) is 0 Å². The number of hydrogen-bond acceptors (Lipinski definition) is 4. The van der Waals surface area contributed by atoms with Gasteiger partial charge in [0.2, 0.25) is 0 Å². The van der Waals surface area contributed by atoms with Crippen molar-refractivity contribution in [3.05, 3.63) is 10.3 Å². The van der Waals surface area contributed by atoms with E-state index in [1.165, 1.54) is 4.68 Å². The summed E-state index contributed by atoms with van der Waals surface area (Å²) >= 11 is 4.78. The van der Waals surface area contributed by atoms with Gasteiger partial charge >= 0.3 is 0 Å². The first-order valence-corrected chi connectivity index (χ1v) is 5.77. The summed E-state index contributed by atoms with van der Waals surface area (Å²) in [7, 11) is 1.71. The third kappa shape index (κ3) is 2.54. The van der Waals surface area contributed by atoms with E-state index in [0.29, 0.717) is 16.0 Å². The molecule has 0 unspecified atom stereocenters. The quantitative estimate of drug-likeness (QED) is 0.773. The van der Waals surface area contributed by atoms with Crippen molar-refractivity contribution >= 4 is 33.5 Å². The van der Waals surface area contributed by atoms with Gasteiger partial charge in [-0.3, -0.25) is 4.79 Å². The second kappa shape index (κ2) is 4.76. The van der Waals surface area contributed by atoms with E-state index >= 15 is 0 Å². The fraction of sp³-hybridized carbons (Fsp3) is 0.571. The number of carbonyl (C=O) groups is 1. The molecule has 0 radical (unpaired) electrons. The molecular weight excluding hydrogens is 254 g/mol. The molecule has 1 aromatic heterocycles. The van der Waals surface area contributed by atoms with Crippen molar-refractivity contribution in [2.45, 2.75) is 6.92 Å². The van der Waals surface area contributed by atoms with Crippen LogP contribution >= 0.6 is 27.7 Å². The van der Waals surface area contributed by atoms with Gasteiger partial charge < -0.3 is 0 Å². The van der Waals surface area contributed by atoms with Crippen molar-refractivity contribution in [3.63, 3.8) is 0 Å². The lowest BCUT2D eigenvalue weighted by atomic mass is 10.3. The molecule has 0 saturated heterocycles. The third-order valence-electron chi connectivity index (χ3n) is 1.49. The molecule has 1 rings (SSSR count). The van der Waals surface area contributed by atoms with Gasteiger partial charge in [-0.2, -0.15) is 11.8 Å². The summed E-state index contributed by atoms with van der Waals surface area (Å²) in [5.41, 5.74) is 0.543. The van der Waals surface area contributed by atoms with Crippen LogP contribution in [-0.4, -0.2) is 32.3 Å². The minimum atomic E-state index is 0.0613. The number of halogens is 1. The molecule has 0 aromatic carbocycles. The van der Waals surface area contributed by atoms with Crippen molar-refractivity contribution in [2.75, 3.05) is 11.5 Å². The van der Waals surface area contributed by atoms with Gasteiger partial charge in [0.15, 0.2) is 10.4 Å². The van der Waals surface area contributed by atoms with Gasteiger partial charge in [-0.1, -0.05) is 12.1 Å². The van der Waals surface area contributed by atoms with Gasteiger partial charge in [-0.25, -0.2) is 4.68 Å². The normalized spacial score (nSPS) is 10.4. The van der Waals surface area contributed by atoms with E-state index in [-0.39, 0.29) is 5.78 Å². The van der Waals surface area contributed by atoms with Crippen LogP contribution in [0.1, 0.15) is 17.4 Å². The summed E-state index contributed by atoms with van der Waals surface area (Å²) in [6.07, 6.45) is 0. The Kier molecular flexibility index (Phi) is 3.92. The van der Waals surface area contributed by atoms with Crippen molar-refractivity contribution in [2.24, 2.45) is 7.05 Å². The molecule has 1 aromatic rings. The molecule has 0 amide bonds. The van der Waals surface area contributed by atoms with E-state index in [4.69, 9.17) is 0 Å². The molecule has 1 heterocycles. The molecule has 72 valence electrons. The Morgan fingerprint density at radius 2 is 2.38 bits per heavy atom. The number of Topliss-reactive ketones (excluding diaryl/α,β-unsaturated/α-hetero) is 1. The molecule has 0 N–H and O–H groups in total. The van der Waals surface area contributed by atoms with Gasteiger partial charge in [0, 0.05) is 7.05 Å². The van der Waals surface area contributed by atoms with Crippen LogP contribution in [0.2, 0.25) is 0 Å². The zero-order valence-corrected chi connectivity index (χ0v) is 9.85. The molecule has 6 heteroatoms. The highest BCUT2D eigenvalue weighted by Crippen LogP contribution is 2.14. The Morgan fingerprint density at radius 3 is 2.85 bits per heavy atom. The fourth-order valence-corrected chi connectivity index (χ4v) is 1.97. The van der Waals surface area contributed by atoms with Crippen LogP contribution in [0.25, 0.3) is 0 Å². The zero-order chi connectivity index (χ0) is 9.84. The highest BCUT2D eigenvalue weighted by atomic mass is 79.9. The van der Waals surface area contributed by atoms with Gasteiger partial charge in [0.05, 0.1) is 5.75 Å². The molecule has 0 aliphatic rings. The lowest BCUT2D eigenvalue weighted by Gasteiger charge is -1.99. The summed E-state index contributed by atoms with van der Waals surface area (Å²) in [6.45, 7) is 2.02. The highest BCUT2D eigenvalue weighted by Gasteiger charge is 2.15. The number of carbonyl (C=O) groups excluding carboxylic acids is 1. The van der Waals surface area contributed by atoms with Crippen molar-refractivity contribution in [1.82, 2.24) is 15.0 Å². The lowest BCUT2D eigenvalue weighted by molar-refractivity contribution is 0.101. The zero-order valence-electron chi connectivity index (χ0n) is 7.45. The topological polar surface area (TPSA) is 47.8 Å². The smallest absolute Gasteiger partial charge is 0.193 e. The molecule has 13 heavy (non-hydrogen) atoms. The van der Waals surface area contributed by atoms with E-state index in [9.17, 15) is 4.79 Å². The van der Waals surface area contributed by atoms with Gasteiger partial charge in [-0.15, -0.1) is 5.10 Å². The minimum Gasteiger partial charge on any atom is -0.291 e. The minimum absolute atomic E-state index is 0.0613. The van der Waals surface area contributed by atoms with E-state index in [1.807, 2.05) is 6.92 Å². The van der Waals surface area contributed by atoms with Gasteiger partial charge in [-0.05, 0) is 21.7 Å². The van der Waals surface area contributed by atoms with Crippen LogP contribution < -0.4 is 0 Å². The van der Waals surface area contributed by atoms with Crippen molar-refractivity contribution < 1.29 is 4.79 Å². The predicted molar refractivity (Wildman–Crippen MR) is 56.0 cm³/mol. The number of hydrogen-bond donors (Lipinski definition) is 0. The monoisotopic (exact) mass is 263 g/mol. The first-order chi connectivity index (χ1) is 6.16. The lowest BCUT2D eigenvalue weighted by Crippen LogP contribution is -2.09. The Hall–Kier alpha value is -0.360. The molecule has 0 atom stereocenters. The molecule has 0 bridgehead atoms. The first kappa shape index (κ1) is 10.7. The third-order valence-corrected chi connectivity index (χ3v) is 2.90. The molecule has 0 spiro atoms. The Bertz CT molecular complexity index is 293. The summed E-state index contributed by atoms with van der Waals surface area (Å²) in [6, 6.07) is 0. The number of aromatic nitrogens is 3. The highest BCUT2D eigenvalue weighted by molar-refractivity contribution is 9.10. The fourth-order valence-electron chi connectivity index (χ4n) is 0.891. The van der Waals surface area contributed by atoms with Crippen LogP contribution in [0.5, 0.6) is 0 Å². The maximum atomic E-state index is 11.6. The number of aryl methyl sites for hydroxylation is 1. The Labute approximate surface area is 89.2 Å². The maximum absolute atomic E-state index is 11.6. The van der Waals surface area contributed by atoms with Crippen LogP contribution in [-0.2, 0) is 7.05 Å². The maximum Gasteiger partial charge on any atom is 0.193 e. The summed E-state index contributed by atoms with van der Waals surface area (Å²) in [4.78, 5) is 11.6. The summed E-state index contributed by atoms with van der Waals surface area (Å²) in [5.74, 6) is 1.48. The molecule has 0 saturated carbocycles. The Balaban J connectivity index is 2.76. The largest absolute Gasteiger partial charge is 0.291 e. The molecule has 4 nitrogen and oxygen atoms in total. The number of rotatable bonds is 4. The van der Waals surface area contributed by atoms with Crippen LogP contribution in [0, 0.1) is 0 Å². The van der Waals surface area contributed by atoms with E-state index in [1.54, 1.807) is 18.8 Å². The number of nitrogens with zero attached hydrogens (tertiary/aromatic N) is 3. The molecule has 0 fully saturated rings. The average Bonchev–Trinajstić information content (AvgIpc) is 2.42. The van der Waals surface area contributed by atoms with E-state index in [0.717, 1.165) is 5.75 Å². The van der Waals surface area contributed by atoms with Gasteiger partial charge in [0.25, 0.3) is 0 Å². The van der Waals surface area contributed by atoms with E-state index < -0.39 is 0 Å². The van der Waals surface area contributed by atoms with Crippen LogP contribution in [0.15, 0.2) is 4.60 Å². The Morgan fingerprint density at radius 1 is 1.69 bits per heavy atom. The SMILES string of the molecule is CCSCC(=O)c1c(Br)nnn1C.